The van der Waals surface area contributed by atoms with Gasteiger partial charge in [-0.05, 0) is 25.5 Å². The molecule has 0 bridgehead atoms. The first kappa shape index (κ1) is 14.9. The third kappa shape index (κ3) is 3.33. The molecule has 8 nitrogen and oxygen atoms in total. The number of hydrogen-bond acceptors (Lipinski definition) is 6. The molecule has 0 radical (unpaired) electrons. The molecule has 1 aromatic rings. The fourth-order valence-corrected chi connectivity index (χ4v) is 2.01. The summed E-state index contributed by atoms with van der Waals surface area (Å²) in [6, 6.07) is 2.61. The molecule has 1 aliphatic heterocycles. The number of anilines is 1. The van der Waals surface area contributed by atoms with Crippen LogP contribution < -0.4 is 10.6 Å². The van der Waals surface area contributed by atoms with Crippen molar-refractivity contribution in [2.24, 2.45) is 0 Å². The second-order valence-electron chi connectivity index (χ2n) is 4.69. The normalized spacial score (nSPS) is 18.6. The van der Waals surface area contributed by atoms with E-state index in [4.69, 9.17) is 0 Å². The summed E-state index contributed by atoms with van der Waals surface area (Å²) in [5.41, 5.74) is 0.213. The Kier molecular flexibility index (Phi) is 4.46. The number of hydrogen-bond donors (Lipinski definition) is 2. The van der Waals surface area contributed by atoms with Crippen molar-refractivity contribution < 1.29 is 14.4 Å². The van der Waals surface area contributed by atoms with Gasteiger partial charge in [-0.25, -0.2) is 0 Å². The van der Waals surface area contributed by atoms with Crippen molar-refractivity contribution in [3.05, 3.63) is 17.8 Å². The molecular weight excluding hydrogens is 274 g/mol. The highest BCUT2D eigenvalue weighted by Crippen LogP contribution is 2.15. The van der Waals surface area contributed by atoms with Gasteiger partial charge in [-0.1, -0.05) is 0 Å². The Labute approximate surface area is 121 Å². The SMILES string of the molecule is CCNC(=O)c1ccc(NC2CCC(=O)N(C)C2=O)nn1. The minimum Gasteiger partial charge on any atom is -0.357 e. The first-order chi connectivity index (χ1) is 10.0. The van der Waals surface area contributed by atoms with E-state index in [-0.39, 0.29) is 23.4 Å². The topological polar surface area (TPSA) is 104 Å². The van der Waals surface area contributed by atoms with Gasteiger partial charge in [0, 0.05) is 20.0 Å². The third-order valence-electron chi connectivity index (χ3n) is 3.21. The van der Waals surface area contributed by atoms with E-state index >= 15 is 0 Å². The van der Waals surface area contributed by atoms with Crippen LogP contribution in [0.15, 0.2) is 12.1 Å². The Morgan fingerprint density at radius 2 is 2.14 bits per heavy atom. The molecule has 2 N–H and O–H groups in total. The first-order valence-electron chi connectivity index (χ1n) is 6.71. The summed E-state index contributed by atoms with van der Waals surface area (Å²) in [6.07, 6.45) is 0.728. The molecule has 21 heavy (non-hydrogen) atoms. The molecule has 112 valence electrons. The minimum absolute atomic E-state index is 0.185. The van der Waals surface area contributed by atoms with Gasteiger partial charge in [0.05, 0.1) is 0 Å². The molecule has 1 saturated heterocycles. The summed E-state index contributed by atoms with van der Waals surface area (Å²) in [7, 11) is 1.46. The van der Waals surface area contributed by atoms with Crippen molar-refractivity contribution in [3.63, 3.8) is 0 Å². The average Bonchev–Trinajstić information content (AvgIpc) is 2.49. The maximum atomic E-state index is 11.9. The van der Waals surface area contributed by atoms with Crippen LogP contribution in [-0.2, 0) is 9.59 Å². The maximum absolute atomic E-state index is 11.9. The van der Waals surface area contributed by atoms with Crippen molar-refractivity contribution in [2.45, 2.75) is 25.8 Å². The lowest BCUT2D eigenvalue weighted by atomic mass is 10.0. The zero-order valence-corrected chi connectivity index (χ0v) is 11.9. The van der Waals surface area contributed by atoms with Crippen molar-refractivity contribution in [1.29, 1.82) is 0 Å². The number of likely N-dealkylation sites (N-methyl/N-ethyl adjacent to an activating group) is 1. The van der Waals surface area contributed by atoms with Gasteiger partial charge in [-0.3, -0.25) is 19.3 Å². The predicted octanol–water partition coefficient (Wildman–Crippen LogP) is -0.214. The predicted molar refractivity (Wildman–Crippen MR) is 74.5 cm³/mol. The van der Waals surface area contributed by atoms with E-state index < -0.39 is 6.04 Å². The van der Waals surface area contributed by atoms with Crippen LogP contribution >= 0.6 is 0 Å². The van der Waals surface area contributed by atoms with E-state index in [1.807, 2.05) is 6.92 Å². The second kappa shape index (κ2) is 6.29. The molecule has 1 fully saturated rings. The van der Waals surface area contributed by atoms with Crippen LogP contribution in [0.4, 0.5) is 5.82 Å². The summed E-state index contributed by atoms with van der Waals surface area (Å²) in [6.45, 7) is 2.32. The van der Waals surface area contributed by atoms with Crippen LogP contribution in [0.25, 0.3) is 0 Å². The van der Waals surface area contributed by atoms with E-state index in [2.05, 4.69) is 20.8 Å². The molecule has 1 atom stereocenters. The molecule has 1 aliphatic rings. The minimum atomic E-state index is -0.502. The third-order valence-corrected chi connectivity index (χ3v) is 3.21. The van der Waals surface area contributed by atoms with Gasteiger partial charge in [0.25, 0.3) is 11.8 Å². The summed E-state index contributed by atoms with van der Waals surface area (Å²) in [4.78, 5) is 36.0. The molecular formula is C13H17N5O3. The van der Waals surface area contributed by atoms with E-state index in [0.717, 1.165) is 4.90 Å². The molecule has 3 amide bonds. The molecule has 8 heteroatoms. The summed E-state index contributed by atoms with van der Waals surface area (Å²) >= 11 is 0. The molecule has 2 heterocycles. The van der Waals surface area contributed by atoms with Crippen molar-refractivity contribution >= 4 is 23.5 Å². The lowest BCUT2D eigenvalue weighted by Gasteiger charge is -2.28. The number of piperidine rings is 1. The van der Waals surface area contributed by atoms with Gasteiger partial charge in [0.1, 0.15) is 11.9 Å². The highest BCUT2D eigenvalue weighted by atomic mass is 16.2. The summed E-state index contributed by atoms with van der Waals surface area (Å²) < 4.78 is 0. The van der Waals surface area contributed by atoms with Crippen LogP contribution in [0.1, 0.15) is 30.3 Å². The van der Waals surface area contributed by atoms with Crippen LogP contribution in [0.3, 0.4) is 0 Å². The van der Waals surface area contributed by atoms with Gasteiger partial charge < -0.3 is 10.6 Å². The Balaban J connectivity index is 2.02. The Morgan fingerprint density at radius 1 is 1.38 bits per heavy atom. The number of imide groups is 1. The Hall–Kier alpha value is -2.51. The van der Waals surface area contributed by atoms with Gasteiger partial charge in [-0.15, -0.1) is 10.2 Å². The number of nitrogens with zero attached hydrogens (tertiary/aromatic N) is 3. The van der Waals surface area contributed by atoms with Crippen molar-refractivity contribution in [1.82, 2.24) is 20.4 Å². The molecule has 0 saturated carbocycles. The lowest BCUT2D eigenvalue weighted by molar-refractivity contribution is -0.146. The largest absolute Gasteiger partial charge is 0.357 e. The van der Waals surface area contributed by atoms with E-state index in [0.29, 0.717) is 25.2 Å². The van der Waals surface area contributed by atoms with Gasteiger partial charge >= 0.3 is 0 Å². The lowest BCUT2D eigenvalue weighted by Crippen LogP contribution is -2.48. The highest BCUT2D eigenvalue weighted by molar-refractivity contribution is 6.01. The monoisotopic (exact) mass is 291 g/mol. The number of amides is 3. The van der Waals surface area contributed by atoms with Crippen LogP contribution in [0.2, 0.25) is 0 Å². The number of carbonyl (C=O) groups is 3. The van der Waals surface area contributed by atoms with Crippen molar-refractivity contribution in [2.75, 3.05) is 18.9 Å². The van der Waals surface area contributed by atoms with Crippen LogP contribution in [0, 0.1) is 0 Å². The average molecular weight is 291 g/mol. The summed E-state index contributed by atoms with van der Waals surface area (Å²) in [5.74, 6) is -0.378. The van der Waals surface area contributed by atoms with Crippen LogP contribution in [-0.4, -0.2) is 52.5 Å². The zero-order valence-electron chi connectivity index (χ0n) is 11.9. The molecule has 1 aromatic heterocycles. The fourth-order valence-electron chi connectivity index (χ4n) is 2.01. The summed E-state index contributed by atoms with van der Waals surface area (Å²) in [5, 5.41) is 13.2. The Morgan fingerprint density at radius 3 is 2.76 bits per heavy atom. The number of aromatic nitrogens is 2. The van der Waals surface area contributed by atoms with Gasteiger partial charge in [0.2, 0.25) is 5.91 Å². The quantitative estimate of drug-likeness (QED) is 0.744. The number of carbonyl (C=O) groups excluding carboxylic acids is 3. The smallest absolute Gasteiger partial charge is 0.271 e. The van der Waals surface area contributed by atoms with Crippen LogP contribution in [0.5, 0.6) is 0 Å². The van der Waals surface area contributed by atoms with Crippen molar-refractivity contribution in [3.8, 4) is 0 Å². The molecule has 0 spiro atoms. The maximum Gasteiger partial charge on any atom is 0.271 e. The highest BCUT2D eigenvalue weighted by Gasteiger charge is 2.31. The standard InChI is InChI=1S/C13H17N5O3/c1-3-14-12(20)8-4-6-10(17-16-8)15-9-5-7-11(19)18(2)13(9)21/h4,6,9H,3,5,7H2,1-2H3,(H,14,20)(H,15,17). The number of rotatable bonds is 4. The fraction of sp³-hybridized carbons (Fsp3) is 0.462. The van der Waals surface area contributed by atoms with E-state index in [1.165, 1.54) is 13.1 Å². The Bertz CT molecular complexity index is 557. The van der Waals surface area contributed by atoms with E-state index in [9.17, 15) is 14.4 Å². The molecule has 0 aromatic carbocycles. The number of nitrogens with one attached hydrogen (secondary N) is 2. The van der Waals surface area contributed by atoms with Gasteiger partial charge in [-0.2, -0.15) is 0 Å². The zero-order chi connectivity index (χ0) is 15.4. The second-order valence-corrected chi connectivity index (χ2v) is 4.69. The number of likely N-dealkylation sites (tertiary alicyclic amines) is 1. The van der Waals surface area contributed by atoms with Gasteiger partial charge in [0.15, 0.2) is 5.69 Å². The van der Waals surface area contributed by atoms with E-state index in [1.54, 1.807) is 6.07 Å². The molecule has 2 rings (SSSR count). The molecule has 0 aliphatic carbocycles. The first-order valence-corrected chi connectivity index (χ1v) is 6.71. The molecule has 1 unspecified atom stereocenters.